The molecule has 2 heteroatoms. The van der Waals surface area contributed by atoms with Crippen molar-refractivity contribution in [2.75, 3.05) is 6.38 Å². The van der Waals surface area contributed by atoms with Gasteiger partial charge in [-0.3, -0.25) is 0 Å². The van der Waals surface area contributed by atoms with Crippen LogP contribution in [0, 0.1) is 0 Å². The van der Waals surface area contributed by atoms with E-state index in [1.807, 2.05) is 0 Å². The van der Waals surface area contributed by atoms with Gasteiger partial charge < -0.3 is 0 Å². The van der Waals surface area contributed by atoms with Gasteiger partial charge in [0.05, 0.1) is 0 Å². The van der Waals surface area contributed by atoms with Gasteiger partial charge in [-0.1, -0.05) is 0 Å². The molecule has 0 aromatic heterocycles. The van der Waals surface area contributed by atoms with Crippen LogP contribution < -0.4 is 0 Å². The van der Waals surface area contributed by atoms with Crippen molar-refractivity contribution in [1.29, 1.82) is 0 Å². The predicted molar refractivity (Wildman–Crippen MR) is 55.5 cm³/mol. The molecule has 0 saturated heterocycles. The van der Waals surface area contributed by atoms with Gasteiger partial charge in [-0.2, -0.15) is 0 Å². The summed E-state index contributed by atoms with van der Waals surface area (Å²) < 4.78 is 3.30. The Morgan fingerprint density at radius 2 is 1.46 bits per heavy atom. The molecule has 0 radical (unpaired) electrons. The fraction of sp³-hybridized carbons (Fsp3) is 0.273. The Morgan fingerprint density at radius 1 is 1.00 bits per heavy atom. The zero-order valence-electron chi connectivity index (χ0n) is 7.70. The minimum Gasteiger partial charge on any atom is -0.130 e. The summed E-state index contributed by atoms with van der Waals surface area (Å²) in [5, 5.41) is 0. The van der Waals surface area contributed by atoms with E-state index in [0.717, 1.165) is 0 Å². The molecule has 0 heterocycles. The monoisotopic (exact) mass is 231 g/mol. The van der Waals surface area contributed by atoms with Gasteiger partial charge in [0.2, 0.25) is 0 Å². The SMILES string of the molecule is C1=CC[C]([V][C]2=CC=CC2)=C1.CCl. The number of halogens is 1. The van der Waals surface area contributed by atoms with Gasteiger partial charge in [-0.25, -0.2) is 0 Å². The molecule has 0 bridgehead atoms. The van der Waals surface area contributed by atoms with Crippen molar-refractivity contribution in [1.82, 2.24) is 0 Å². The first-order valence-electron chi connectivity index (χ1n) is 4.26. The Kier molecular flexibility index (Phi) is 5.30. The van der Waals surface area contributed by atoms with Gasteiger partial charge >= 0.3 is 74.2 Å². The van der Waals surface area contributed by atoms with E-state index >= 15 is 0 Å². The van der Waals surface area contributed by atoms with Crippen molar-refractivity contribution in [2.24, 2.45) is 0 Å². The fourth-order valence-corrected chi connectivity index (χ4v) is 2.91. The maximum absolute atomic E-state index is 4.64. The second-order valence-electron chi connectivity index (χ2n) is 2.69. The molecular weight excluding hydrogens is 219 g/mol. The van der Waals surface area contributed by atoms with Crippen LogP contribution in [-0.4, -0.2) is 6.38 Å². The molecular formula is C11H13ClV. The zero-order valence-corrected chi connectivity index (χ0v) is 9.86. The van der Waals surface area contributed by atoms with Crippen LogP contribution in [0.2, 0.25) is 0 Å². The van der Waals surface area contributed by atoms with Crippen LogP contribution in [0.25, 0.3) is 0 Å². The Balaban J connectivity index is 0.000000396. The molecule has 0 amide bonds. The average Bonchev–Trinajstić information content (AvgIpc) is 2.81. The van der Waals surface area contributed by atoms with Crippen LogP contribution in [0.3, 0.4) is 0 Å². The molecule has 0 unspecified atom stereocenters. The molecule has 0 aromatic carbocycles. The van der Waals surface area contributed by atoms with Crippen LogP contribution >= 0.6 is 11.6 Å². The van der Waals surface area contributed by atoms with Crippen molar-refractivity contribution >= 4 is 11.6 Å². The van der Waals surface area contributed by atoms with Gasteiger partial charge in [0.1, 0.15) is 0 Å². The third-order valence-corrected chi connectivity index (χ3v) is 3.72. The summed E-state index contributed by atoms with van der Waals surface area (Å²) in [5.41, 5.74) is 0. The molecule has 2 rings (SSSR count). The maximum Gasteiger partial charge on any atom is 0.0108 e. The molecule has 2 aliphatic rings. The van der Waals surface area contributed by atoms with Gasteiger partial charge in [-0.05, 0) is 0 Å². The maximum atomic E-state index is 4.64. The molecule has 2 aliphatic carbocycles. The van der Waals surface area contributed by atoms with E-state index in [0.29, 0.717) is 16.3 Å². The molecule has 13 heavy (non-hydrogen) atoms. The van der Waals surface area contributed by atoms with E-state index in [9.17, 15) is 0 Å². The fourth-order valence-electron chi connectivity index (χ4n) is 1.22. The molecule has 0 nitrogen and oxygen atoms in total. The molecule has 69 valence electrons. The van der Waals surface area contributed by atoms with E-state index in [2.05, 4.69) is 48.1 Å². The Hall–Kier alpha value is -0.166. The summed E-state index contributed by atoms with van der Waals surface area (Å²) in [7, 11) is 0. The van der Waals surface area contributed by atoms with E-state index in [1.165, 1.54) is 19.2 Å². The molecule has 0 N–H and O–H groups in total. The van der Waals surface area contributed by atoms with Gasteiger partial charge in [0.15, 0.2) is 0 Å². The van der Waals surface area contributed by atoms with E-state index in [1.54, 1.807) is 8.57 Å². The quantitative estimate of drug-likeness (QED) is 0.637. The summed E-state index contributed by atoms with van der Waals surface area (Å²) in [6.45, 7) is 0. The first-order valence-corrected chi connectivity index (χ1v) is 6.41. The number of hydrogen-bond donors (Lipinski definition) is 0. The van der Waals surface area contributed by atoms with Gasteiger partial charge in [-0.15, -0.1) is 11.6 Å². The average molecular weight is 232 g/mol. The molecule has 0 aromatic rings. The standard InChI is InChI=1S/2C5H5.CH3Cl.V/c2*1-2-4-5-3-1;1-2;/h2*1-3H,4H2;1H3;. The zero-order chi connectivity index (χ0) is 9.52. The van der Waals surface area contributed by atoms with Crippen LogP contribution in [-0.2, 0) is 16.3 Å². The summed E-state index contributed by atoms with van der Waals surface area (Å²) in [6.07, 6.45) is 17.3. The number of hydrogen-bond acceptors (Lipinski definition) is 0. The summed E-state index contributed by atoms with van der Waals surface area (Å²) >= 11 is 5.00. The third-order valence-electron chi connectivity index (χ3n) is 1.79. The molecule has 0 saturated carbocycles. The Morgan fingerprint density at radius 3 is 1.77 bits per heavy atom. The first-order chi connectivity index (χ1) is 6.45. The van der Waals surface area contributed by atoms with E-state index in [4.69, 9.17) is 0 Å². The molecule has 0 spiro atoms. The topological polar surface area (TPSA) is 0 Å². The molecule has 0 aliphatic heterocycles. The molecule has 0 fully saturated rings. The second-order valence-corrected chi connectivity index (χ2v) is 4.84. The molecule has 0 atom stereocenters. The van der Waals surface area contributed by atoms with Crippen molar-refractivity contribution in [3.8, 4) is 0 Å². The van der Waals surface area contributed by atoms with Crippen molar-refractivity contribution in [2.45, 2.75) is 12.8 Å². The summed E-state index contributed by atoms with van der Waals surface area (Å²) in [6, 6.07) is 0. The minimum atomic E-state index is 0.358. The van der Waals surface area contributed by atoms with Crippen molar-refractivity contribution in [3.05, 3.63) is 45.0 Å². The second kappa shape index (κ2) is 6.31. The van der Waals surface area contributed by atoms with Gasteiger partial charge in [0, 0.05) is 6.38 Å². The van der Waals surface area contributed by atoms with Gasteiger partial charge in [0.25, 0.3) is 0 Å². The van der Waals surface area contributed by atoms with Crippen LogP contribution in [0.1, 0.15) is 12.8 Å². The van der Waals surface area contributed by atoms with E-state index < -0.39 is 0 Å². The first kappa shape index (κ1) is 10.9. The predicted octanol–water partition coefficient (Wildman–Crippen LogP) is 3.61. The number of allylic oxidation sites excluding steroid dienone is 8. The van der Waals surface area contributed by atoms with Crippen LogP contribution in [0.15, 0.2) is 45.0 Å². The third kappa shape index (κ3) is 3.60. The smallest absolute Gasteiger partial charge is 0.0108 e. The summed E-state index contributed by atoms with van der Waals surface area (Å²) in [4.78, 5) is 0. The Labute approximate surface area is 92.1 Å². The van der Waals surface area contributed by atoms with Crippen molar-refractivity contribution < 1.29 is 16.3 Å². The number of alkyl halides is 1. The Bertz CT molecular complexity index is 244. The van der Waals surface area contributed by atoms with Crippen LogP contribution in [0.4, 0.5) is 0 Å². The normalized spacial score (nSPS) is 17.7. The summed E-state index contributed by atoms with van der Waals surface area (Å²) in [5.74, 6) is 0. The largest absolute Gasteiger partial charge is 0.130 e. The number of rotatable bonds is 2. The van der Waals surface area contributed by atoms with E-state index in [-0.39, 0.29) is 0 Å². The van der Waals surface area contributed by atoms with Crippen molar-refractivity contribution in [3.63, 3.8) is 0 Å². The minimum absolute atomic E-state index is 0.358. The van der Waals surface area contributed by atoms with Crippen LogP contribution in [0.5, 0.6) is 0 Å².